The van der Waals surface area contributed by atoms with Gasteiger partial charge < -0.3 is 20.5 Å². The second-order valence-electron chi connectivity index (χ2n) is 4.85. The van der Waals surface area contributed by atoms with Crippen LogP contribution in [0.4, 0.5) is 0 Å². The number of aliphatic hydroxyl groups excluding tert-OH is 1. The fourth-order valence-electron chi connectivity index (χ4n) is 2.21. The Hall–Kier alpha value is -1.30. The quantitative estimate of drug-likeness (QED) is 0.776. The number of ether oxygens (including phenoxy) is 1. The molecule has 1 saturated heterocycles. The first-order valence-electron chi connectivity index (χ1n) is 6.46. The number of aliphatic hydroxyl groups is 1. The summed E-state index contributed by atoms with van der Waals surface area (Å²) in [4.78, 5) is 12.0. The molecule has 0 saturated carbocycles. The molecule has 0 spiro atoms. The smallest absolute Gasteiger partial charge is 0.237 e. The fourth-order valence-corrected chi connectivity index (χ4v) is 2.21. The highest BCUT2D eigenvalue weighted by atomic mass is 35.5. The van der Waals surface area contributed by atoms with E-state index in [9.17, 15) is 9.90 Å². The Morgan fingerprint density at radius 3 is 2.60 bits per heavy atom. The monoisotopic (exact) mass is 300 g/mol. The molecule has 1 aromatic rings. The number of amides is 1. The van der Waals surface area contributed by atoms with Gasteiger partial charge in [-0.1, -0.05) is 12.1 Å². The van der Waals surface area contributed by atoms with Crippen molar-refractivity contribution in [3.8, 4) is 5.75 Å². The topological polar surface area (TPSA) is 70.6 Å². The van der Waals surface area contributed by atoms with Crippen molar-refractivity contribution in [2.24, 2.45) is 0 Å². The van der Waals surface area contributed by atoms with Crippen LogP contribution in [0.5, 0.6) is 5.75 Å². The number of hydrogen-bond donors (Lipinski definition) is 3. The van der Waals surface area contributed by atoms with Gasteiger partial charge in [0.15, 0.2) is 0 Å². The fraction of sp³-hybridized carbons (Fsp3) is 0.500. The minimum absolute atomic E-state index is 0. The third kappa shape index (κ3) is 4.10. The minimum Gasteiger partial charge on any atom is -0.497 e. The van der Waals surface area contributed by atoms with E-state index < -0.39 is 6.10 Å². The van der Waals surface area contributed by atoms with Gasteiger partial charge in [-0.25, -0.2) is 0 Å². The van der Waals surface area contributed by atoms with Crippen molar-refractivity contribution < 1.29 is 14.6 Å². The normalized spacial score (nSPS) is 22.8. The minimum atomic E-state index is -0.424. The van der Waals surface area contributed by atoms with Crippen molar-refractivity contribution in [1.82, 2.24) is 10.6 Å². The second kappa shape index (κ2) is 7.47. The molecule has 6 heteroatoms. The molecule has 3 N–H and O–H groups in total. The molecule has 20 heavy (non-hydrogen) atoms. The summed E-state index contributed by atoms with van der Waals surface area (Å²) >= 11 is 0. The number of hydrogen-bond acceptors (Lipinski definition) is 4. The predicted molar refractivity (Wildman–Crippen MR) is 79.2 cm³/mol. The number of methoxy groups -OCH3 is 1. The van der Waals surface area contributed by atoms with Gasteiger partial charge in [0.05, 0.1) is 25.3 Å². The Bertz CT molecular complexity index is 439. The average molecular weight is 301 g/mol. The second-order valence-corrected chi connectivity index (χ2v) is 4.85. The summed E-state index contributed by atoms with van der Waals surface area (Å²) in [5.74, 6) is 0.725. The molecular formula is C14H21ClN2O3. The molecule has 1 aliphatic rings. The van der Waals surface area contributed by atoms with E-state index in [4.69, 9.17) is 4.74 Å². The van der Waals surface area contributed by atoms with Crippen LogP contribution < -0.4 is 15.4 Å². The Morgan fingerprint density at radius 2 is 2.10 bits per heavy atom. The van der Waals surface area contributed by atoms with Gasteiger partial charge in [-0.2, -0.15) is 0 Å². The van der Waals surface area contributed by atoms with Crippen molar-refractivity contribution in [3.63, 3.8) is 0 Å². The first kappa shape index (κ1) is 16.8. The number of rotatable bonds is 4. The lowest BCUT2D eigenvalue weighted by Gasteiger charge is -2.17. The van der Waals surface area contributed by atoms with Crippen LogP contribution in [-0.2, 0) is 4.79 Å². The van der Waals surface area contributed by atoms with Crippen LogP contribution in [0.2, 0.25) is 0 Å². The summed E-state index contributed by atoms with van der Waals surface area (Å²) in [5, 5.41) is 15.3. The predicted octanol–water partition coefficient (Wildman–Crippen LogP) is 1.02. The van der Waals surface area contributed by atoms with Gasteiger partial charge >= 0.3 is 0 Å². The Kier molecular flexibility index (Phi) is 6.26. The zero-order chi connectivity index (χ0) is 13.8. The van der Waals surface area contributed by atoms with Gasteiger partial charge in [-0.3, -0.25) is 4.79 Å². The number of halogens is 1. The van der Waals surface area contributed by atoms with E-state index in [-0.39, 0.29) is 30.4 Å². The molecule has 1 heterocycles. The van der Waals surface area contributed by atoms with E-state index >= 15 is 0 Å². The third-order valence-corrected chi connectivity index (χ3v) is 3.40. The Balaban J connectivity index is 0.00000200. The summed E-state index contributed by atoms with van der Waals surface area (Å²) in [6.07, 6.45) is 0.0493. The lowest BCUT2D eigenvalue weighted by Crippen LogP contribution is -2.41. The van der Waals surface area contributed by atoms with E-state index in [1.807, 2.05) is 31.2 Å². The average Bonchev–Trinajstić information content (AvgIpc) is 2.85. The van der Waals surface area contributed by atoms with Crippen LogP contribution in [-0.4, -0.2) is 36.8 Å². The van der Waals surface area contributed by atoms with E-state index in [2.05, 4.69) is 10.6 Å². The van der Waals surface area contributed by atoms with Crippen LogP contribution >= 0.6 is 12.4 Å². The van der Waals surface area contributed by atoms with E-state index in [1.54, 1.807) is 7.11 Å². The number of benzene rings is 1. The highest BCUT2D eigenvalue weighted by molar-refractivity contribution is 5.85. The molecule has 0 aliphatic carbocycles. The highest BCUT2D eigenvalue weighted by Gasteiger charge is 2.28. The highest BCUT2D eigenvalue weighted by Crippen LogP contribution is 2.17. The molecule has 1 aromatic carbocycles. The van der Waals surface area contributed by atoms with Crippen molar-refractivity contribution in [2.45, 2.75) is 31.5 Å². The summed E-state index contributed by atoms with van der Waals surface area (Å²) < 4.78 is 5.10. The Labute approximate surface area is 125 Å². The van der Waals surface area contributed by atoms with Crippen LogP contribution in [0.25, 0.3) is 0 Å². The molecule has 112 valence electrons. The van der Waals surface area contributed by atoms with Crippen LogP contribution in [0.1, 0.15) is 24.9 Å². The zero-order valence-electron chi connectivity index (χ0n) is 11.6. The van der Waals surface area contributed by atoms with Crippen molar-refractivity contribution in [3.05, 3.63) is 29.8 Å². The largest absolute Gasteiger partial charge is 0.497 e. The van der Waals surface area contributed by atoms with Gasteiger partial charge in [0.2, 0.25) is 5.91 Å². The van der Waals surface area contributed by atoms with Gasteiger partial charge in [-0.05, 0) is 31.0 Å². The van der Waals surface area contributed by atoms with Crippen LogP contribution in [0.15, 0.2) is 24.3 Å². The number of nitrogens with one attached hydrogen (secondary N) is 2. The summed E-state index contributed by atoms with van der Waals surface area (Å²) in [6.45, 7) is 2.42. The third-order valence-electron chi connectivity index (χ3n) is 3.40. The van der Waals surface area contributed by atoms with E-state index in [0.29, 0.717) is 13.0 Å². The lowest BCUT2D eigenvalue weighted by atomic mass is 10.1. The summed E-state index contributed by atoms with van der Waals surface area (Å²) in [6, 6.07) is 7.24. The summed E-state index contributed by atoms with van der Waals surface area (Å²) in [5.41, 5.74) is 1.02. The van der Waals surface area contributed by atoms with Crippen LogP contribution in [0, 0.1) is 0 Å². The molecule has 0 aromatic heterocycles. The molecule has 5 nitrogen and oxygen atoms in total. The SMILES string of the molecule is COc1ccc(C(C)NC(=O)C2CC(O)CN2)cc1.Cl. The van der Waals surface area contributed by atoms with E-state index in [0.717, 1.165) is 11.3 Å². The maximum absolute atomic E-state index is 12.0. The molecule has 1 aliphatic heterocycles. The van der Waals surface area contributed by atoms with Gasteiger partial charge in [0.1, 0.15) is 5.75 Å². The van der Waals surface area contributed by atoms with Crippen molar-refractivity contribution in [1.29, 1.82) is 0 Å². The molecule has 1 fully saturated rings. The van der Waals surface area contributed by atoms with Crippen molar-refractivity contribution >= 4 is 18.3 Å². The maximum atomic E-state index is 12.0. The number of carbonyl (C=O) groups is 1. The van der Waals surface area contributed by atoms with Gasteiger partial charge in [0.25, 0.3) is 0 Å². The number of carbonyl (C=O) groups excluding carboxylic acids is 1. The maximum Gasteiger partial charge on any atom is 0.237 e. The molecule has 0 radical (unpaired) electrons. The van der Waals surface area contributed by atoms with E-state index in [1.165, 1.54) is 0 Å². The Morgan fingerprint density at radius 1 is 1.45 bits per heavy atom. The molecular weight excluding hydrogens is 280 g/mol. The van der Waals surface area contributed by atoms with Crippen LogP contribution in [0.3, 0.4) is 0 Å². The molecule has 3 unspecified atom stereocenters. The van der Waals surface area contributed by atoms with Gasteiger partial charge in [0, 0.05) is 6.54 Å². The molecule has 0 bridgehead atoms. The summed E-state index contributed by atoms with van der Waals surface area (Å²) in [7, 11) is 1.62. The van der Waals surface area contributed by atoms with Gasteiger partial charge in [-0.15, -0.1) is 12.4 Å². The van der Waals surface area contributed by atoms with Crippen molar-refractivity contribution in [2.75, 3.05) is 13.7 Å². The molecule has 1 amide bonds. The first-order valence-corrected chi connectivity index (χ1v) is 6.46. The zero-order valence-corrected chi connectivity index (χ0v) is 12.4. The standard InChI is InChI=1S/C14H20N2O3.ClH/c1-9(10-3-5-12(19-2)6-4-10)16-14(18)13-7-11(17)8-15-13;/h3-6,9,11,13,15,17H,7-8H2,1-2H3,(H,16,18);1H. The molecule has 3 atom stereocenters. The molecule has 2 rings (SSSR count). The lowest BCUT2D eigenvalue weighted by molar-refractivity contribution is -0.123. The first-order chi connectivity index (χ1) is 9.10. The number of β-amino-alcohol motifs (C(OH)–C–C–N with tert-alkyl or cyclic N) is 1.